The summed E-state index contributed by atoms with van der Waals surface area (Å²) in [4.78, 5) is 44.6. The number of carbonyl (C=O) groups is 3. The van der Waals surface area contributed by atoms with Gasteiger partial charge in [0.1, 0.15) is 22.6 Å². The summed E-state index contributed by atoms with van der Waals surface area (Å²) in [6, 6.07) is 0.886. The van der Waals surface area contributed by atoms with Gasteiger partial charge in [0.25, 0.3) is 11.8 Å². The Labute approximate surface area is 159 Å². The zero-order chi connectivity index (χ0) is 20.1. The highest BCUT2D eigenvalue weighted by Crippen LogP contribution is 2.24. The first-order valence-corrected chi connectivity index (χ1v) is 8.68. The predicted molar refractivity (Wildman–Crippen MR) is 101 cm³/mol. The molecule has 2 rings (SSSR count). The summed E-state index contributed by atoms with van der Waals surface area (Å²) in [5.41, 5.74) is 10.8. The first-order valence-electron chi connectivity index (χ1n) is 7.91. The van der Waals surface area contributed by atoms with E-state index < -0.39 is 17.9 Å². The highest BCUT2D eigenvalue weighted by atomic mass is 32.1. The van der Waals surface area contributed by atoms with Crippen molar-refractivity contribution in [1.82, 2.24) is 19.2 Å². The van der Waals surface area contributed by atoms with Gasteiger partial charge in [0, 0.05) is 20.2 Å². The lowest BCUT2D eigenvalue weighted by molar-refractivity contribution is -0.118. The molecule has 0 aliphatic carbocycles. The van der Waals surface area contributed by atoms with Gasteiger partial charge in [0.2, 0.25) is 5.91 Å². The second-order valence-corrected chi connectivity index (χ2v) is 6.53. The minimum atomic E-state index is -0.785. The first kappa shape index (κ1) is 20.0. The average molecular weight is 392 g/mol. The van der Waals surface area contributed by atoms with Crippen LogP contribution in [0.25, 0.3) is 0 Å². The van der Waals surface area contributed by atoms with E-state index in [1.54, 1.807) is 21.0 Å². The largest absolute Gasteiger partial charge is 0.368 e. The number of nitrogens with one attached hydrogen (secondary N) is 2. The van der Waals surface area contributed by atoms with E-state index in [2.05, 4.69) is 25.0 Å². The molecule has 0 bridgehead atoms. The molecule has 27 heavy (non-hydrogen) atoms. The van der Waals surface area contributed by atoms with Gasteiger partial charge in [-0.3, -0.25) is 14.4 Å². The number of anilines is 3. The van der Waals surface area contributed by atoms with Crippen LogP contribution in [0.4, 0.5) is 16.6 Å². The Bertz CT molecular complexity index is 866. The highest BCUT2D eigenvalue weighted by Gasteiger charge is 2.19. The normalized spacial score (nSPS) is 11.5. The summed E-state index contributed by atoms with van der Waals surface area (Å²) in [5, 5.41) is 6.20. The summed E-state index contributed by atoms with van der Waals surface area (Å²) in [6.07, 6.45) is 1.73. The second-order valence-electron chi connectivity index (χ2n) is 5.73. The molecule has 2 aromatic heterocycles. The molecule has 0 saturated heterocycles. The maximum atomic E-state index is 11.9. The number of aromatic nitrogens is 3. The number of rotatable bonds is 8. The minimum absolute atomic E-state index is 0.0688. The number of nitrogens with two attached hydrogens (primary N) is 2. The molecule has 11 nitrogen and oxygen atoms in total. The van der Waals surface area contributed by atoms with Crippen LogP contribution >= 0.6 is 11.5 Å². The van der Waals surface area contributed by atoms with Gasteiger partial charge in [0.05, 0.1) is 6.20 Å². The quantitative estimate of drug-likeness (QED) is 0.492. The fraction of sp³-hybridized carbons (Fsp3) is 0.333. The molecule has 0 saturated carbocycles. The molecule has 3 amide bonds. The Balaban J connectivity index is 2.31. The van der Waals surface area contributed by atoms with Gasteiger partial charge in [-0.1, -0.05) is 6.92 Å². The van der Waals surface area contributed by atoms with Crippen molar-refractivity contribution in [3.8, 4) is 0 Å². The lowest BCUT2D eigenvalue weighted by atomic mass is 10.2. The number of nitrogens with zero attached hydrogens (tertiary/aromatic N) is 4. The molecule has 0 aliphatic rings. The van der Waals surface area contributed by atoms with Crippen LogP contribution in [0, 0.1) is 0 Å². The van der Waals surface area contributed by atoms with E-state index in [9.17, 15) is 14.4 Å². The molecular weight excluding hydrogens is 372 g/mol. The van der Waals surface area contributed by atoms with Crippen LogP contribution in [0.1, 0.15) is 34.3 Å². The van der Waals surface area contributed by atoms with E-state index >= 15 is 0 Å². The van der Waals surface area contributed by atoms with Crippen LogP contribution in [0.15, 0.2) is 12.3 Å². The molecular formula is C15H20N8O3S. The van der Waals surface area contributed by atoms with Crippen molar-refractivity contribution in [2.24, 2.45) is 11.5 Å². The third-order valence-corrected chi connectivity index (χ3v) is 4.16. The van der Waals surface area contributed by atoms with Crippen molar-refractivity contribution in [3.63, 3.8) is 0 Å². The maximum Gasteiger partial charge on any atom is 0.273 e. The Morgan fingerprint density at radius 3 is 2.56 bits per heavy atom. The molecule has 6 N–H and O–H groups in total. The van der Waals surface area contributed by atoms with Crippen LogP contribution in [-0.4, -0.2) is 57.1 Å². The molecule has 2 aromatic rings. The van der Waals surface area contributed by atoms with Crippen molar-refractivity contribution < 1.29 is 14.4 Å². The standard InChI is InChI=1S/C15H20N8O3S/c1-4-7(12(16)24)19-9-6-18-11(13(17)25)14(20-9)21-10-5-8(22-27-10)15(26)23(2)3/h5-7H,4H2,1-3H3,(H2,16,24)(H2,17,25)(H2,19,20,21). The molecule has 0 spiro atoms. The lowest BCUT2D eigenvalue weighted by Crippen LogP contribution is -2.35. The van der Waals surface area contributed by atoms with E-state index in [1.165, 1.54) is 17.2 Å². The highest BCUT2D eigenvalue weighted by molar-refractivity contribution is 7.10. The number of amides is 3. The van der Waals surface area contributed by atoms with Crippen molar-refractivity contribution in [2.75, 3.05) is 24.7 Å². The number of hydrogen-bond acceptors (Lipinski definition) is 9. The van der Waals surface area contributed by atoms with Crippen molar-refractivity contribution in [3.05, 3.63) is 23.7 Å². The van der Waals surface area contributed by atoms with Crippen LogP contribution in [0.3, 0.4) is 0 Å². The van der Waals surface area contributed by atoms with Gasteiger partial charge < -0.3 is 27.0 Å². The van der Waals surface area contributed by atoms with Gasteiger partial charge in [-0.2, -0.15) is 4.37 Å². The fourth-order valence-corrected chi connectivity index (χ4v) is 2.69. The minimum Gasteiger partial charge on any atom is -0.368 e. The zero-order valence-electron chi connectivity index (χ0n) is 15.0. The van der Waals surface area contributed by atoms with Gasteiger partial charge in [0.15, 0.2) is 11.5 Å². The molecule has 2 heterocycles. The summed E-state index contributed by atoms with van der Waals surface area (Å²) in [7, 11) is 3.23. The molecule has 1 unspecified atom stereocenters. The smallest absolute Gasteiger partial charge is 0.273 e. The van der Waals surface area contributed by atoms with Gasteiger partial charge in [-0.15, -0.1) is 0 Å². The fourth-order valence-electron chi connectivity index (χ4n) is 2.06. The molecule has 144 valence electrons. The van der Waals surface area contributed by atoms with Crippen LogP contribution in [0.5, 0.6) is 0 Å². The molecule has 1 atom stereocenters. The Hall–Kier alpha value is -3.28. The average Bonchev–Trinajstić information content (AvgIpc) is 3.06. The van der Waals surface area contributed by atoms with E-state index in [1.807, 2.05) is 0 Å². The zero-order valence-corrected chi connectivity index (χ0v) is 15.8. The maximum absolute atomic E-state index is 11.9. The molecule has 0 aromatic carbocycles. The monoisotopic (exact) mass is 392 g/mol. The Morgan fingerprint density at radius 2 is 2.00 bits per heavy atom. The topological polar surface area (TPSA) is 169 Å². The van der Waals surface area contributed by atoms with Crippen LogP contribution < -0.4 is 22.1 Å². The van der Waals surface area contributed by atoms with Crippen LogP contribution in [0.2, 0.25) is 0 Å². The second kappa shape index (κ2) is 8.40. The molecule has 0 fully saturated rings. The Morgan fingerprint density at radius 1 is 1.30 bits per heavy atom. The van der Waals surface area contributed by atoms with Crippen LogP contribution in [-0.2, 0) is 4.79 Å². The predicted octanol–water partition coefficient (Wildman–Crippen LogP) is 0.153. The van der Waals surface area contributed by atoms with E-state index in [0.717, 1.165) is 11.5 Å². The van der Waals surface area contributed by atoms with E-state index in [4.69, 9.17) is 11.5 Å². The number of carbonyl (C=O) groups excluding carboxylic acids is 3. The van der Waals surface area contributed by atoms with Crippen molar-refractivity contribution in [2.45, 2.75) is 19.4 Å². The lowest BCUT2D eigenvalue weighted by Gasteiger charge is -2.15. The molecule has 0 radical (unpaired) electrons. The third-order valence-electron chi connectivity index (χ3n) is 3.46. The van der Waals surface area contributed by atoms with E-state index in [0.29, 0.717) is 11.4 Å². The van der Waals surface area contributed by atoms with Crippen molar-refractivity contribution in [1.29, 1.82) is 0 Å². The van der Waals surface area contributed by atoms with Gasteiger partial charge in [-0.05, 0) is 18.0 Å². The molecule has 0 aliphatic heterocycles. The summed E-state index contributed by atoms with van der Waals surface area (Å²) in [6.45, 7) is 1.79. The van der Waals surface area contributed by atoms with Gasteiger partial charge >= 0.3 is 0 Å². The first-order chi connectivity index (χ1) is 12.7. The summed E-state index contributed by atoms with van der Waals surface area (Å²) in [5.74, 6) is -1.28. The number of primary amides is 2. The number of hydrogen-bond donors (Lipinski definition) is 4. The molecule has 12 heteroatoms. The summed E-state index contributed by atoms with van der Waals surface area (Å²) < 4.78 is 4.06. The van der Waals surface area contributed by atoms with Crippen molar-refractivity contribution >= 4 is 45.9 Å². The summed E-state index contributed by atoms with van der Waals surface area (Å²) >= 11 is 1.02. The van der Waals surface area contributed by atoms with Gasteiger partial charge in [-0.25, -0.2) is 9.97 Å². The third kappa shape index (κ3) is 4.88. The SMILES string of the molecule is CCC(Nc1cnc(C(N)=O)c(Nc2cc(C(=O)N(C)C)ns2)n1)C(N)=O. The van der Waals surface area contributed by atoms with E-state index in [-0.39, 0.29) is 28.9 Å². The Kier molecular flexibility index (Phi) is 6.23.